The molecule has 0 saturated carbocycles. The number of nitro groups is 1. The van der Waals surface area contributed by atoms with Crippen LogP contribution in [0.25, 0.3) is 0 Å². The highest BCUT2D eigenvalue weighted by Crippen LogP contribution is 2.24. The molecule has 0 unspecified atom stereocenters. The molecule has 1 aliphatic heterocycles. The molecule has 68 valence electrons. The maximum Gasteiger partial charge on any atom is 0.309 e. The van der Waals surface area contributed by atoms with Gasteiger partial charge in [-0.3, -0.25) is 19.5 Å². The second-order valence-electron chi connectivity index (χ2n) is 2.74. The molecular formula is C7H7N3O3. The van der Waals surface area contributed by atoms with Crippen molar-refractivity contribution in [1.29, 1.82) is 0 Å². The summed E-state index contributed by atoms with van der Waals surface area (Å²) in [6, 6.07) is 2.45. The van der Waals surface area contributed by atoms with Gasteiger partial charge in [0.15, 0.2) is 5.82 Å². The summed E-state index contributed by atoms with van der Waals surface area (Å²) in [6.45, 7) is 1.07. The van der Waals surface area contributed by atoms with Crippen molar-refractivity contribution >= 4 is 11.5 Å². The van der Waals surface area contributed by atoms with Crippen LogP contribution in [0.5, 0.6) is 0 Å². The Morgan fingerprint density at radius 1 is 1.54 bits per heavy atom. The second-order valence-corrected chi connectivity index (χ2v) is 2.74. The van der Waals surface area contributed by atoms with Crippen molar-refractivity contribution < 1.29 is 4.92 Å². The van der Waals surface area contributed by atoms with Crippen molar-refractivity contribution in [2.24, 2.45) is 0 Å². The van der Waals surface area contributed by atoms with Crippen molar-refractivity contribution in [3.05, 3.63) is 32.6 Å². The average Bonchev–Trinajstić information content (AvgIpc) is 2.53. The first kappa shape index (κ1) is 7.78. The van der Waals surface area contributed by atoms with E-state index in [-0.39, 0.29) is 11.2 Å². The molecule has 1 aromatic rings. The molecule has 6 heteroatoms. The van der Waals surface area contributed by atoms with Gasteiger partial charge in [-0.05, 0) is 0 Å². The summed E-state index contributed by atoms with van der Waals surface area (Å²) in [5.74, 6) is 0.317. The number of aromatic nitrogens is 1. The molecule has 13 heavy (non-hydrogen) atoms. The highest BCUT2D eigenvalue weighted by molar-refractivity contribution is 5.57. The molecule has 1 aromatic heterocycles. The Labute approximate surface area is 72.9 Å². The zero-order valence-electron chi connectivity index (χ0n) is 6.69. The standard InChI is InChI=1S/C7H7N3O3/c11-6-2-1-5(10(12)13)7-8-3-4-9(6)7/h1-2,8H,3-4H2. The summed E-state index contributed by atoms with van der Waals surface area (Å²) in [5, 5.41) is 13.3. The molecule has 1 N–H and O–H groups in total. The fourth-order valence-corrected chi connectivity index (χ4v) is 1.41. The smallest absolute Gasteiger partial charge is 0.309 e. The Morgan fingerprint density at radius 3 is 3.00 bits per heavy atom. The quantitative estimate of drug-likeness (QED) is 0.495. The normalized spacial score (nSPS) is 13.5. The van der Waals surface area contributed by atoms with E-state index in [1.807, 2.05) is 0 Å². The number of nitrogens with zero attached hydrogens (tertiary/aromatic N) is 2. The van der Waals surface area contributed by atoms with Gasteiger partial charge < -0.3 is 5.32 Å². The van der Waals surface area contributed by atoms with E-state index in [9.17, 15) is 14.9 Å². The van der Waals surface area contributed by atoms with E-state index < -0.39 is 4.92 Å². The number of hydrogen-bond acceptors (Lipinski definition) is 4. The van der Waals surface area contributed by atoms with Crippen molar-refractivity contribution in [2.45, 2.75) is 6.54 Å². The molecule has 0 saturated heterocycles. The maximum absolute atomic E-state index is 11.2. The lowest BCUT2D eigenvalue weighted by molar-refractivity contribution is -0.384. The van der Waals surface area contributed by atoms with Gasteiger partial charge in [0.2, 0.25) is 0 Å². The Kier molecular flexibility index (Phi) is 1.54. The fourth-order valence-electron chi connectivity index (χ4n) is 1.41. The molecular weight excluding hydrogens is 174 g/mol. The molecule has 2 rings (SSSR count). The van der Waals surface area contributed by atoms with Gasteiger partial charge in [-0.2, -0.15) is 0 Å². The molecule has 0 spiro atoms. The van der Waals surface area contributed by atoms with E-state index in [0.717, 1.165) is 0 Å². The highest BCUT2D eigenvalue weighted by Gasteiger charge is 2.21. The van der Waals surface area contributed by atoms with Gasteiger partial charge in [-0.25, -0.2) is 0 Å². The first-order valence-electron chi connectivity index (χ1n) is 3.82. The summed E-state index contributed by atoms with van der Waals surface area (Å²) < 4.78 is 1.37. The van der Waals surface area contributed by atoms with Crippen LogP contribution in [0.3, 0.4) is 0 Å². The van der Waals surface area contributed by atoms with Crippen LogP contribution in [0.15, 0.2) is 16.9 Å². The highest BCUT2D eigenvalue weighted by atomic mass is 16.6. The average molecular weight is 181 g/mol. The molecule has 0 radical (unpaired) electrons. The zero-order valence-corrected chi connectivity index (χ0v) is 6.69. The SMILES string of the molecule is O=c1ccc([N+](=O)[O-])c2n1CCN2. The zero-order chi connectivity index (χ0) is 9.42. The number of fused-ring (bicyclic) bond motifs is 1. The Hall–Kier alpha value is -1.85. The van der Waals surface area contributed by atoms with Gasteiger partial charge in [0.1, 0.15) is 0 Å². The summed E-state index contributed by atoms with van der Waals surface area (Å²) in [5.41, 5.74) is -0.247. The van der Waals surface area contributed by atoms with Gasteiger partial charge in [-0.1, -0.05) is 0 Å². The van der Waals surface area contributed by atoms with Crippen LogP contribution in [0.1, 0.15) is 0 Å². The minimum atomic E-state index is -0.496. The summed E-state index contributed by atoms with van der Waals surface area (Å²) in [4.78, 5) is 21.2. The molecule has 0 aromatic carbocycles. The van der Waals surface area contributed by atoms with E-state index in [4.69, 9.17) is 0 Å². The van der Waals surface area contributed by atoms with Gasteiger partial charge in [-0.15, -0.1) is 0 Å². The minimum Gasteiger partial charge on any atom is -0.364 e. The Bertz CT molecular complexity index is 423. The summed E-state index contributed by atoms with van der Waals surface area (Å²) in [6.07, 6.45) is 0. The van der Waals surface area contributed by atoms with Crippen LogP contribution in [-0.4, -0.2) is 16.0 Å². The number of hydrogen-bond donors (Lipinski definition) is 1. The van der Waals surface area contributed by atoms with Gasteiger partial charge in [0.05, 0.1) is 4.92 Å². The van der Waals surface area contributed by atoms with E-state index in [1.165, 1.54) is 16.7 Å². The predicted molar refractivity (Wildman–Crippen MR) is 45.8 cm³/mol. The first-order valence-corrected chi connectivity index (χ1v) is 3.82. The minimum absolute atomic E-state index is 0.0444. The van der Waals surface area contributed by atoms with Crippen LogP contribution in [0.2, 0.25) is 0 Å². The lowest BCUT2D eigenvalue weighted by Gasteiger charge is -2.00. The van der Waals surface area contributed by atoms with Gasteiger partial charge in [0.25, 0.3) is 5.56 Å². The van der Waals surface area contributed by atoms with Crippen LogP contribution in [-0.2, 0) is 6.54 Å². The predicted octanol–water partition coefficient (Wildman–Crippen LogP) is 0.182. The molecule has 0 aliphatic carbocycles. The molecule has 0 fully saturated rings. The van der Waals surface area contributed by atoms with E-state index in [2.05, 4.69) is 5.32 Å². The second kappa shape index (κ2) is 2.58. The number of nitrogens with one attached hydrogen (secondary N) is 1. The van der Waals surface area contributed by atoms with Crippen molar-refractivity contribution in [3.63, 3.8) is 0 Å². The number of pyridine rings is 1. The summed E-state index contributed by atoms with van der Waals surface area (Å²) >= 11 is 0. The third-order valence-corrected chi connectivity index (χ3v) is 1.99. The van der Waals surface area contributed by atoms with Gasteiger partial charge >= 0.3 is 5.69 Å². The monoisotopic (exact) mass is 181 g/mol. The topological polar surface area (TPSA) is 77.2 Å². The third-order valence-electron chi connectivity index (χ3n) is 1.99. The van der Waals surface area contributed by atoms with Crippen LogP contribution in [0.4, 0.5) is 11.5 Å². The summed E-state index contributed by atoms with van der Waals surface area (Å²) in [7, 11) is 0. The number of anilines is 1. The third kappa shape index (κ3) is 1.07. The van der Waals surface area contributed by atoms with E-state index in [1.54, 1.807) is 0 Å². The first-order chi connectivity index (χ1) is 6.20. The molecule has 0 amide bonds. The molecule has 0 bridgehead atoms. The van der Waals surface area contributed by atoms with Crippen LogP contribution >= 0.6 is 0 Å². The van der Waals surface area contributed by atoms with Crippen molar-refractivity contribution in [2.75, 3.05) is 11.9 Å². The van der Waals surface area contributed by atoms with Crippen LogP contribution in [0, 0.1) is 10.1 Å². The Balaban J connectivity index is 2.69. The van der Waals surface area contributed by atoms with Gasteiger partial charge in [0, 0.05) is 25.2 Å². The molecule has 0 atom stereocenters. The van der Waals surface area contributed by atoms with Crippen molar-refractivity contribution in [3.8, 4) is 0 Å². The lowest BCUT2D eigenvalue weighted by Crippen LogP contribution is -2.16. The molecule has 1 aliphatic rings. The molecule has 2 heterocycles. The van der Waals surface area contributed by atoms with E-state index >= 15 is 0 Å². The number of rotatable bonds is 1. The molecule has 6 nitrogen and oxygen atoms in total. The van der Waals surface area contributed by atoms with E-state index in [0.29, 0.717) is 18.9 Å². The largest absolute Gasteiger partial charge is 0.364 e. The lowest BCUT2D eigenvalue weighted by atomic mass is 10.4. The van der Waals surface area contributed by atoms with Crippen LogP contribution < -0.4 is 10.9 Å². The Morgan fingerprint density at radius 2 is 2.31 bits per heavy atom. The maximum atomic E-state index is 11.2. The fraction of sp³-hybridized carbons (Fsp3) is 0.286. The van der Waals surface area contributed by atoms with Crippen molar-refractivity contribution in [1.82, 2.24) is 4.57 Å².